The molecule has 0 heterocycles. The van der Waals surface area contributed by atoms with Crippen LogP contribution in [0.25, 0.3) is 0 Å². The molecule has 0 bridgehead atoms. The Hall–Kier alpha value is -1.52. The van der Waals surface area contributed by atoms with Crippen LogP contribution in [0.5, 0.6) is 11.5 Å². The molecule has 0 aliphatic rings. The fourth-order valence-electron chi connectivity index (χ4n) is 1.86. The number of hydrogen-bond donors (Lipinski definition) is 1. The van der Waals surface area contributed by atoms with Gasteiger partial charge in [-0.25, -0.2) is 0 Å². The summed E-state index contributed by atoms with van der Waals surface area (Å²) in [5.41, 5.74) is 1.23. The smallest absolute Gasteiger partial charge is 0.122 e. The van der Waals surface area contributed by atoms with Gasteiger partial charge in [-0.15, -0.1) is 0 Å². The van der Waals surface area contributed by atoms with Gasteiger partial charge < -0.3 is 14.8 Å². The van der Waals surface area contributed by atoms with Crippen LogP contribution in [0.15, 0.2) is 53.0 Å². The van der Waals surface area contributed by atoms with E-state index in [0.717, 1.165) is 29.1 Å². The number of hydrogen-bond acceptors (Lipinski definition) is 3. The van der Waals surface area contributed by atoms with Gasteiger partial charge in [0.15, 0.2) is 0 Å². The van der Waals surface area contributed by atoms with Crippen molar-refractivity contribution in [1.82, 2.24) is 5.32 Å². The zero-order chi connectivity index (χ0) is 14.9. The minimum atomic E-state index is 0.527. The second-order valence-electron chi connectivity index (χ2n) is 4.58. The zero-order valence-electron chi connectivity index (χ0n) is 12.1. The Morgan fingerprint density at radius 3 is 2.38 bits per heavy atom. The van der Waals surface area contributed by atoms with Crippen molar-refractivity contribution in [2.24, 2.45) is 0 Å². The predicted octanol–water partition coefficient (Wildman–Crippen LogP) is 4.02. The summed E-state index contributed by atoms with van der Waals surface area (Å²) in [6, 6.07) is 15.9. The normalized spacial score (nSPS) is 10.4. The summed E-state index contributed by atoms with van der Waals surface area (Å²) in [5.74, 6) is 1.73. The van der Waals surface area contributed by atoms with Crippen LogP contribution in [-0.4, -0.2) is 19.8 Å². The van der Waals surface area contributed by atoms with Gasteiger partial charge in [-0.1, -0.05) is 35.0 Å². The molecule has 4 heteroatoms. The van der Waals surface area contributed by atoms with E-state index in [0.29, 0.717) is 13.2 Å². The number of halogens is 1. The lowest BCUT2D eigenvalue weighted by atomic mass is 10.2. The van der Waals surface area contributed by atoms with E-state index in [-0.39, 0.29) is 0 Å². The molecular formula is C17H20BrNO2. The monoisotopic (exact) mass is 349 g/mol. The Morgan fingerprint density at radius 2 is 1.67 bits per heavy atom. The summed E-state index contributed by atoms with van der Waals surface area (Å²) >= 11 is 3.40. The number of nitrogens with one attached hydrogen (secondary N) is 1. The van der Waals surface area contributed by atoms with E-state index in [9.17, 15) is 0 Å². The van der Waals surface area contributed by atoms with Gasteiger partial charge in [-0.3, -0.25) is 0 Å². The molecule has 0 aliphatic carbocycles. The number of ether oxygens (including phenoxy) is 2. The minimum absolute atomic E-state index is 0.527. The van der Waals surface area contributed by atoms with E-state index in [1.54, 1.807) is 0 Å². The van der Waals surface area contributed by atoms with Crippen LogP contribution in [0.2, 0.25) is 0 Å². The van der Waals surface area contributed by atoms with E-state index in [2.05, 4.69) is 40.3 Å². The summed E-state index contributed by atoms with van der Waals surface area (Å²) in [4.78, 5) is 0. The fourth-order valence-corrected chi connectivity index (χ4v) is 2.13. The molecule has 1 N–H and O–H groups in total. The molecule has 2 aromatic carbocycles. The molecule has 0 aliphatic heterocycles. The highest BCUT2D eigenvalue weighted by Crippen LogP contribution is 2.16. The molecular weight excluding hydrogens is 330 g/mol. The molecule has 2 rings (SSSR count). The van der Waals surface area contributed by atoms with Crippen molar-refractivity contribution >= 4 is 15.9 Å². The quantitative estimate of drug-likeness (QED) is 0.730. The first kappa shape index (κ1) is 15.9. The van der Waals surface area contributed by atoms with Gasteiger partial charge in [0.25, 0.3) is 0 Å². The van der Waals surface area contributed by atoms with Crippen LogP contribution in [0.4, 0.5) is 0 Å². The van der Waals surface area contributed by atoms with E-state index in [4.69, 9.17) is 9.47 Å². The second kappa shape index (κ2) is 8.70. The van der Waals surface area contributed by atoms with Crippen molar-refractivity contribution in [3.05, 3.63) is 58.6 Å². The van der Waals surface area contributed by atoms with Gasteiger partial charge in [0.1, 0.15) is 24.7 Å². The SMILES string of the molecule is CCNCc1cccc(OCCOc2ccc(Br)cc2)c1. The third kappa shape index (κ3) is 5.78. The van der Waals surface area contributed by atoms with Gasteiger partial charge >= 0.3 is 0 Å². The Balaban J connectivity index is 1.74. The van der Waals surface area contributed by atoms with Crippen molar-refractivity contribution in [3.8, 4) is 11.5 Å². The fraction of sp³-hybridized carbons (Fsp3) is 0.294. The lowest BCUT2D eigenvalue weighted by molar-refractivity contribution is 0.217. The minimum Gasteiger partial charge on any atom is -0.490 e. The molecule has 0 aromatic heterocycles. The van der Waals surface area contributed by atoms with Crippen molar-refractivity contribution in [2.75, 3.05) is 19.8 Å². The summed E-state index contributed by atoms with van der Waals surface area (Å²) < 4.78 is 12.4. The number of benzene rings is 2. The molecule has 21 heavy (non-hydrogen) atoms. The van der Waals surface area contributed by atoms with Crippen molar-refractivity contribution < 1.29 is 9.47 Å². The van der Waals surface area contributed by atoms with E-state index in [1.165, 1.54) is 5.56 Å². The third-order valence-corrected chi connectivity index (χ3v) is 3.44. The summed E-state index contributed by atoms with van der Waals surface area (Å²) in [6.07, 6.45) is 0. The standard InChI is InChI=1S/C17H20BrNO2/c1-2-19-13-14-4-3-5-17(12-14)21-11-10-20-16-8-6-15(18)7-9-16/h3-9,12,19H,2,10-11,13H2,1H3. The van der Waals surface area contributed by atoms with E-state index in [1.807, 2.05) is 36.4 Å². The van der Waals surface area contributed by atoms with Crippen molar-refractivity contribution in [2.45, 2.75) is 13.5 Å². The van der Waals surface area contributed by atoms with E-state index < -0.39 is 0 Å². The predicted molar refractivity (Wildman–Crippen MR) is 89.0 cm³/mol. The van der Waals surface area contributed by atoms with Crippen LogP contribution in [0.3, 0.4) is 0 Å². The highest BCUT2D eigenvalue weighted by molar-refractivity contribution is 9.10. The van der Waals surface area contributed by atoms with E-state index >= 15 is 0 Å². The second-order valence-corrected chi connectivity index (χ2v) is 5.49. The lowest BCUT2D eigenvalue weighted by Gasteiger charge is -2.10. The average Bonchev–Trinajstić information content (AvgIpc) is 2.52. The molecule has 0 saturated carbocycles. The van der Waals surface area contributed by atoms with Crippen LogP contribution in [-0.2, 0) is 6.54 Å². The summed E-state index contributed by atoms with van der Waals surface area (Å²) in [7, 11) is 0. The topological polar surface area (TPSA) is 30.5 Å². The molecule has 3 nitrogen and oxygen atoms in total. The molecule has 0 amide bonds. The van der Waals surface area contributed by atoms with Crippen LogP contribution < -0.4 is 14.8 Å². The molecule has 0 fully saturated rings. The highest BCUT2D eigenvalue weighted by Gasteiger charge is 1.98. The Kier molecular flexibility index (Phi) is 6.57. The lowest BCUT2D eigenvalue weighted by Crippen LogP contribution is -2.12. The van der Waals surface area contributed by atoms with Crippen LogP contribution in [0.1, 0.15) is 12.5 Å². The molecule has 0 spiro atoms. The largest absolute Gasteiger partial charge is 0.490 e. The molecule has 2 aromatic rings. The maximum atomic E-state index is 5.71. The average molecular weight is 350 g/mol. The third-order valence-electron chi connectivity index (χ3n) is 2.91. The first-order valence-electron chi connectivity index (χ1n) is 7.09. The Labute approximate surface area is 134 Å². The Bertz CT molecular complexity index is 543. The van der Waals surface area contributed by atoms with Gasteiger partial charge in [0, 0.05) is 11.0 Å². The van der Waals surface area contributed by atoms with Gasteiger partial charge in [-0.05, 0) is 48.5 Å². The zero-order valence-corrected chi connectivity index (χ0v) is 13.7. The molecule has 0 saturated heterocycles. The first-order valence-corrected chi connectivity index (χ1v) is 7.88. The van der Waals surface area contributed by atoms with Crippen LogP contribution >= 0.6 is 15.9 Å². The van der Waals surface area contributed by atoms with Crippen molar-refractivity contribution in [1.29, 1.82) is 0 Å². The number of rotatable bonds is 8. The maximum absolute atomic E-state index is 5.71. The van der Waals surface area contributed by atoms with Gasteiger partial charge in [0.05, 0.1) is 0 Å². The molecule has 0 atom stereocenters. The summed E-state index contributed by atoms with van der Waals surface area (Å²) in [6.45, 7) is 4.98. The van der Waals surface area contributed by atoms with Crippen LogP contribution in [0, 0.1) is 0 Å². The van der Waals surface area contributed by atoms with Gasteiger partial charge in [-0.2, -0.15) is 0 Å². The molecule has 0 unspecified atom stereocenters. The van der Waals surface area contributed by atoms with Gasteiger partial charge in [0.2, 0.25) is 0 Å². The molecule has 0 radical (unpaired) electrons. The first-order chi connectivity index (χ1) is 10.3. The summed E-state index contributed by atoms with van der Waals surface area (Å²) in [5, 5.41) is 3.30. The highest BCUT2D eigenvalue weighted by atomic mass is 79.9. The maximum Gasteiger partial charge on any atom is 0.122 e. The Morgan fingerprint density at radius 1 is 0.952 bits per heavy atom. The molecule has 112 valence electrons. The van der Waals surface area contributed by atoms with Crippen molar-refractivity contribution in [3.63, 3.8) is 0 Å².